The highest BCUT2D eigenvalue weighted by atomic mass is 16.5. The van der Waals surface area contributed by atoms with Crippen LogP contribution in [0.15, 0.2) is 34.7 Å². The minimum atomic E-state index is -0.516. The van der Waals surface area contributed by atoms with E-state index in [0.29, 0.717) is 23.6 Å². The fraction of sp³-hybridized carbons (Fsp3) is 0.200. The predicted molar refractivity (Wildman–Crippen MR) is 75.1 cm³/mol. The van der Waals surface area contributed by atoms with Crippen molar-refractivity contribution in [1.29, 1.82) is 5.26 Å². The van der Waals surface area contributed by atoms with Gasteiger partial charge in [0.2, 0.25) is 5.76 Å². The normalized spacial score (nSPS) is 9.76. The van der Waals surface area contributed by atoms with E-state index in [4.69, 9.17) is 14.4 Å². The number of nitriles is 1. The van der Waals surface area contributed by atoms with Crippen molar-refractivity contribution in [2.24, 2.45) is 0 Å². The van der Waals surface area contributed by atoms with E-state index in [0.717, 1.165) is 5.69 Å². The van der Waals surface area contributed by atoms with E-state index in [1.807, 2.05) is 6.07 Å². The predicted octanol–water partition coefficient (Wildman–Crippen LogP) is 2.56. The van der Waals surface area contributed by atoms with Crippen LogP contribution in [0.3, 0.4) is 0 Å². The lowest BCUT2D eigenvalue weighted by Crippen LogP contribution is -2.01. The van der Waals surface area contributed by atoms with Crippen molar-refractivity contribution in [1.82, 2.24) is 0 Å². The fourth-order valence-corrected chi connectivity index (χ4v) is 1.77. The number of carbonyl (C=O) groups excluding carboxylic acids is 1. The van der Waals surface area contributed by atoms with Crippen molar-refractivity contribution in [3.8, 4) is 11.8 Å². The van der Waals surface area contributed by atoms with E-state index < -0.39 is 5.97 Å². The first-order valence-corrected chi connectivity index (χ1v) is 6.17. The summed E-state index contributed by atoms with van der Waals surface area (Å²) in [7, 11) is 2.83. The van der Waals surface area contributed by atoms with E-state index >= 15 is 0 Å². The average Bonchev–Trinajstić information content (AvgIpc) is 3.00. The Morgan fingerprint density at radius 1 is 1.33 bits per heavy atom. The summed E-state index contributed by atoms with van der Waals surface area (Å²) >= 11 is 0. The third kappa shape index (κ3) is 3.34. The second-order valence-electron chi connectivity index (χ2n) is 4.14. The minimum Gasteiger partial charge on any atom is -0.495 e. The van der Waals surface area contributed by atoms with Gasteiger partial charge in [0.1, 0.15) is 11.5 Å². The van der Waals surface area contributed by atoms with Gasteiger partial charge in [-0.15, -0.1) is 0 Å². The monoisotopic (exact) mass is 286 g/mol. The molecule has 1 N–H and O–H groups in total. The number of carbonyl (C=O) groups is 1. The molecule has 108 valence electrons. The molecule has 1 aromatic carbocycles. The van der Waals surface area contributed by atoms with Gasteiger partial charge in [0.15, 0.2) is 0 Å². The molecule has 6 nitrogen and oxygen atoms in total. The zero-order valence-corrected chi connectivity index (χ0v) is 11.7. The quantitative estimate of drug-likeness (QED) is 0.850. The number of hydrogen-bond donors (Lipinski definition) is 1. The van der Waals surface area contributed by atoms with Crippen LogP contribution in [0.4, 0.5) is 5.69 Å². The van der Waals surface area contributed by atoms with Crippen LogP contribution in [0.1, 0.15) is 21.9 Å². The van der Waals surface area contributed by atoms with Crippen LogP contribution in [0, 0.1) is 11.3 Å². The Morgan fingerprint density at radius 2 is 2.14 bits per heavy atom. The number of esters is 1. The first-order valence-electron chi connectivity index (χ1n) is 6.17. The van der Waals surface area contributed by atoms with Gasteiger partial charge < -0.3 is 19.2 Å². The van der Waals surface area contributed by atoms with Crippen LogP contribution in [0.2, 0.25) is 0 Å². The maximum Gasteiger partial charge on any atom is 0.373 e. The van der Waals surface area contributed by atoms with Gasteiger partial charge in [-0.25, -0.2) is 4.79 Å². The standard InChI is InChI=1S/C15H14N2O4/c1-19-14-7-10(8-16)3-5-12(14)17-9-11-4-6-13(21-11)15(18)20-2/h3-7,17H,9H2,1-2H3. The van der Waals surface area contributed by atoms with Gasteiger partial charge in [0.05, 0.1) is 38.1 Å². The van der Waals surface area contributed by atoms with E-state index in [-0.39, 0.29) is 5.76 Å². The number of furan rings is 1. The molecule has 21 heavy (non-hydrogen) atoms. The van der Waals surface area contributed by atoms with Crippen molar-refractivity contribution in [2.75, 3.05) is 19.5 Å². The molecule has 1 heterocycles. The summed E-state index contributed by atoms with van der Waals surface area (Å²) in [5.74, 6) is 0.786. The van der Waals surface area contributed by atoms with Gasteiger partial charge in [-0.05, 0) is 24.3 Å². The zero-order valence-electron chi connectivity index (χ0n) is 11.7. The number of nitrogens with one attached hydrogen (secondary N) is 1. The summed E-state index contributed by atoms with van der Waals surface area (Å²) in [4.78, 5) is 11.3. The smallest absolute Gasteiger partial charge is 0.373 e. The molecule has 0 spiro atoms. The van der Waals surface area contributed by atoms with Crippen molar-refractivity contribution in [2.45, 2.75) is 6.54 Å². The van der Waals surface area contributed by atoms with Crippen LogP contribution in [-0.2, 0) is 11.3 Å². The maximum absolute atomic E-state index is 11.3. The Kier molecular flexibility index (Phi) is 4.46. The number of rotatable bonds is 5. The Hall–Kier alpha value is -2.94. The number of nitrogens with zero attached hydrogens (tertiary/aromatic N) is 1. The van der Waals surface area contributed by atoms with E-state index in [9.17, 15) is 4.79 Å². The third-order valence-electron chi connectivity index (χ3n) is 2.83. The molecule has 6 heteroatoms. The first-order chi connectivity index (χ1) is 10.2. The zero-order chi connectivity index (χ0) is 15.2. The van der Waals surface area contributed by atoms with E-state index in [1.54, 1.807) is 30.3 Å². The largest absolute Gasteiger partial charge is 0.495 e. The molecule has 1 aromatic heterocycles. The average molecular weight is 286 g/mol. The van der Waals surface area contributed by atoms with Gasteiger partial charge in [-0.1, -0.05) is 0 Å². The molecule has 0 bridgehead atoms. The number of hydrogen-bond acceptors (Lipinski definition) is 6. The summed E-state index contributed by atoms with van der Waals surface area (Å²) in [5.41, 5.74) is 1.25. The fourth-order valence-electron chi connectivity index (χ4n) is 1.77. The Labute approximate surface area is 121 Å². The van der Waals surface area contributed by atoms with Gasteiger partial charge in [-0.2, -0.15) is 5.26 Å². The molecule has 0 saturated heterocycles. The Balaban J connectivity index is 2.08. The molecule has 0 aliphatic rings. The van der Waals surface area contributed by atoms with Crippen LogP contribution >= 0.6 is 0 Å². The number of ether oxygens (including phenoxy) is 2. The molecule has 2 rings (SSSR count). The molecule has 0 unspecified atom stereocenters. The summed E-state index contributed by atoms with van der Waals surface area (Å²) < 4.78 is 15.1. The second kappa shape index (κ2) is 6.48. The summed E-state index contributed by atoms with van der Waals surface area (Å²) in [6.45, 7) is 0.374. The minimum absolute atomic E-state index is 0.154. The molecular weight excluding hydrogens is 272 g/mol. The molecule has 0 saturated carbocycles. The summed E-state index contributed by atoms with van der Waals surface area (Å²) in [6, 6.07) is 10.4. The number of methoxy groups -OCH3 is 2. The van der Waals surface area contributed by atoms with Crippen molar-refractivity contribution in [3.63, 3.8) is 0 Å². The molecule has 0 aliphatic carbocycles. The van der Waals surface area contributed by atoms with Crippen molar-refractivity contribution < 1.29 is 18.7 Å². The van der Waals surface area contributed by atoms with Crippen LogP contribution in [0.5, 0.6) is 5.75 Å². The highest BCUT2D eigenvalue weighted by molar-refractivity contribution is 5.86. The maximum atomic E-state index is 11.3. The van der Waals surface area contributed by atoms with Gasteiger partial charge in [0.25, 0.3) is 0 Å². The Morgan fingerprint density at radius 3 is 2.81 bits per heavy atom. The lowest BCUT2D eigenvalue weighted by atomic mass is 10.2. The van der Waals surface area contributed by atoms with Gasteiger partial charge >= 0.3 is 5.97 Å². The lowest BCUT2D eigenvalue weighted by molar-refractivity contribution is 0.0563. The second-order valence-corrected chi connectivity index (χ2v) is 4.14. The molecule has 0 fully saturated rings. The number of benzene rings is 1. The third-order valence-corrected chi connectivity index (χ3v) is 2.83. The van der Waals surface area contributed by atoms with Crippen LogP contribution < -0.4 is 10.1 Å². The van der Waals surface area contributed by atoms with Crippen LogP contribution in [-0.4, -0.2) is 20.2 Å². The topological polar surface area (TPSA) is 84.5 Å². The SMILES string of the molecule is COC(=O)c1ccc(CNc2ccc(C#N)cc2OC)o1. The van der Waals surface area contributed by atoms with E-state index in [1.165, 1.54) is 14.2 Å². The summed E-state index contributed by atoms with van der Waals surface area (Å²) in [5, 5.41) is 12.0. The molecule has 0 aliphatic heterocycles. The molecular formula is C15H14N2O4. The highest BCUT2D eigenvalue weighted by Gasteiger charge is 2.11. The molecule has 0 atom stereocenters. The highest BCUT2D eigenvalue weighted by Crippen LogP contribution is 2.26. The summed E-state index contributed by atoms with van der Waals surface area (Å²) in [6.07, 6.45) is 0. The van der Waals surface area contributed by atoms with Crippen molar-refractivity contribution >= 4 is 11.7 Å². The lowest BCUT2D eigenvalue weighted by Gasteiger charge is -2.10. The molecule has 0 amide bonds. The first kappa shape index (κ1) is 14.5. The molecule has 0 radical (unpaired) electrons. The van der Waals surface area contributed by atoms with Crippen molar-refractivity contribution in [3.05, 3.63) is 47.4 Å². The van der Waals surface area contributed by atoms with Crippen LogP contribution in [0.25, 0.3) is 0 Å². The van der Waals surface area contributed by atoms with Gasteiger partial charge in [0, 0.05) is 6.07 Å². The van der Waals surface area contributed by atoms with Gasteiger partial charge in [-0.3, -0.25) is 0 Å². The Bertz CT molecular complexity index is 685. The molecule has 2 aromatic rings. The van der Waals surface area contributed by atoms with E-state index in [2.05, 4.69) is 10.1 Å². The number of anilines is 1.